The summed E-state index contributed by atoms with van der Waals surface area (Å²) >= 11 is 3.45. The fraction of sp³-hybridized carbons (Fsp3) is 0.333. The maximum atomic E-state index is 12.3. The minimum absolute atomic E-state index is 0.104. The quantitative estimate of drug-likeness (QED) is 0.799. The first kappa shape index (κ1) is 14.0. The maximum Gasteiger partial charge on any atom is 0.169 e. The van der Waals surface area contributed by atoms with E-state index in [2.05, 4.69) is 34.9 Å². The molecule has 0 saturated carbocycles. The minimum atomic E-state index is 0.104. The Balaban J connectivity index is 2.18. The minimum Gasteiger partial charge on any atom is -0.294 e. The molecule has 4 heteroatoms. The number of benzene rings is 1. The summed E-state index contributed by atoms with van der Waals surface area (Å²) in [6.07, 6.45) is 2.26. The number of hydrogen-bond donors (Lipinski definition) is 0. The number of hydrogen-bond acceptors (Lipinski definition) is 2. The Morgan fingerprint density at radius 3 is 2.74 bits per heavy atom. The van der Waals surface area contributed by atoms with Gasteiger partial charge >= 0.3 is 0 Å². The number of nitrogens with zero attached hydrogens (tertiary/aromatic N) is 2. The second kappa shape index (κ2) is 5.70. The van der Waals surface area contributed by atoms with Crippen LogP contribution >= 0.6 is 15.9 Å². The standard InChI is InChI=1S/C15H17BrN2O/c1-10(2)18-8-7-12(17-18)9-15(19)13-5-4-6-14(16)11(13)3/h4-8,10H,9H2,1-3H3. The largest absolute Gasteiger partial charge is 0.294 e. The van der Waals surface area contributed by atoms with E-state index in [0.29, 0.717) is 12.5 Å². The fourth-order valence-electron chi connectivity index (χ4n) is 1.93. The van der Waals surface area contributed by atoms with Crippen molar-refractivity contribution in [1.82, 2.24) is 9.78 Å². The van der Waals surface area contributed by atoms with Gasteiger partial charge in [-0.1, -0.05) is 28.1 Å². The van der Waals surface area contributed by atoms with E-state index in [-0.39, 0.29) is 5.78 Å². The highest BCUT2D eigenvalue weighted by Gasteiger charge is 2.13. The molecule has 0 amide bonds. The third-order valence-corrected chi connectivity index (χ3v) is 3.96. The first-order chi connectivity index (χ1) is 8.99. The Morgan fingerprint density at radius 2 is 2.11 bits per heavy atom. The van der Waals surface area contributed by atoms with Crippen LogP contribution in [0.15, 0.2) is 34.9 Å². The van der Waals surface area contributed by atoms with Crippen molar-refractivity contribution in [1.29, 1.82) is 0 Å². The molecule has 0 spiro atoms. The predicted octanol–water partition coefficient (Wildman–Crippen LogP) is 3.96. The van der Waals surface area contributed by atoms with Gasteiger partial charge in [0.15, 0.2) is 5.78 Å². The van der Waals surface area contributed by atoms with Crippen molar-refractivity contribution in [2.24, 2.45) is 0 Å². The highest BCUT2D eigenvalue weighted by molar-refractivity contribution is 9.10. The smallest absolute Gasteiger partial charge is 0.169 e. The number of Topliss-reactive ketones (excluding diaryl/α,β-unsaturated/α-hetero) is 1. The van der Waals surface area contributed by atoms with E-state index >= 15 is 0 Å². The third-order valence-electron chi connectivity index (χ3n) is 3.10. The van der Waals surface area contributed by atoms with Gasteiger partial charge in [-0.2, -0.15) is 5.10 Å². The van der Waals surface area contributed by atoms with Gasteiger partial charge in [0.1, 0.15) is 0 Å². The number of ketones is 1. The molecule has 100 valence electrons. The van der Waals surface area contributed by atoms with Crippen molar-refractivity contribution in [3.05, 3.63) is 51.8 Å². The Labute approximate surface area is 121 Å². The van der Waals surface area contributed by atoms with Crippen molar-refractivity contribution >= 4 is 21.7 Å². The van der Waals surface area contributed by atoms with Gasteiger partial charge in [-0.15, -0.1) is 0 Å². The van der Waals surface area contributed by atoms with E-state index in [9.17, 15) is 4.79 Å². The summed E-state index contributed by atoms with van der Waals surface area (Å²) in [5.41, 5.74) is 2.56. The molecule has 0 saturated heterocycles. The normalized spacial score (nSPS) is 11.0. The molecule has 0 fully saturated rings. The molecule has 0 atom stereocenters. The van der Waals surface area contributed by atoms with Crippen molar-refractivity contribution in [3.8, 4) is 0 Å². The van der Waals surface area contributed by atoms with Gasteiger partial charge in [0.05, 0.1) is 12.1 Å². The van der Waals surface area contributed by atoms with Crippen LogP contribution in [0.25, 0.3) is 0 Å². The Kier molecular flexibility index (Phi) is 4.20. The Hall–Kier alpha value is -1.42. The third kappa shape index (κ3) is 3.13. The van der Waals surface area contributed by atoms with E-state index in [1.54, 1.807) is 0 Å². The summed E-state index contributed by atoms with van der Waals surface area (Å²) in [4.78, 5) is 12.3. The molecule has 1 aromatic heterocycles. The van der Waals surface area contributed by atoms with Crippen molar-refractivity contribution in [2.45, 2.75) is 33.2 Å². The lowest BCUT2D eigenvalue weighted by molar-refractivity contribution is 0.0991. The predicted molar refractivity (Wildman–Crippen MR) is 79.5 cm³/mol. The van der Waals surface area contributed by atoms with Crippen molar-refractivity contribution in [3.63, 3.8) is 0 Å². The molecule has 2 aromatic rings. The molecule has 2 rings (SSSR count). The lowest BCUT2D eigenvalue weighted by Crippen LogP contribution is -2.08. The summed E-state index contributed by atoms with van der Waals surface area (Å²) in [5.74, 6) is 0.104. The van der Waals surface area contributed by atoms with Gasteiger partial charge in [-0.05, 0) is 38.5 Å². The van der Waals surface area contributed by atoms with Gasteiger partial charge in [-0.25, -0.2) is 0 Å². The summed E-state index contributed by atoms with van der Waals surface area (Å²) in [7, 11) is 0. The Bertz CT molecular complexity index is 602. The molecule has 0 aliphatic rings. The summed E-state index contributed by atoms with van der Waals surface area (Å²) in [5, 5.41) is 4.41. The average Bonchev–Trinajstić information content (AvgIpc) is 2.81. The van der Waals surface area contributed by atoms with Crippen molar-refractivity contribution < 1.29 is 4.79 Å². The molecule has 1 aromatic carbocycles. The second-order valence-corrected chi connectivity index (χ2v) is 5.75. The zero-order valence-electron chi connectivity index (χ0n) is 11.4. The lowest BCUT2D eigenvalue weighted by Gasteiger charge is -2.06. The molecular weight excluding hydrogens is 304 g/mol. The van der Waals surface area contributed by atoms with Gasteiger partial charge in [-0.3, -0.25) is 9.48 Å². The Morgan fingerprint density at radius 1 is 1.37 bits per heavy atom. The summed E-state index contributed by atoms with van der Waals surface area (Å²) in [6.45, 7) is 6.08. The summed E-state index contributed by atoms with van der Waals surface area (Å²) < 4.78 is 2.84. The van der Waals surface area contributed by atoms with Gasteiger partial charge in [0, 0.05) is 22.3 Å². The van der Waals surface area contributed by atoms with Gasteiger partial charge < -0.3 is 0 Å². The van der Waals surface area contributed by atoms with Crippen LogP contribution in [0.3, 0.4) is 0 Å². The van der Waals surface area contributed by atoms with E-state index in [4.69, 9.17) is 0 Å². The molecule has 0 aliphatic heterocycles. The molecule has 1 heterocycles. The van der Waals surface area contributed by atoms with Crippen LogP contribution in [0, 0.1) is 6.92 Å². The molecule has 3 nitrogen and oxygen atoms in total. The van der Waals surface area contributed by atoms with Crippen LogP contribution in [0.1, 0.15) is 41.5 Å². The highest BCUT2D eigenvalue weighted by Crippen LogP contribution is 2.20. The van der Waals surface area contributed by atoms with Crippen LogP contribution < -0.4 is 0 Å². The lowest BCUT2D eigenvalue weighted by atomic mass is 10.0. The molecule has 0 bridgehead atoms. The van der Waals surface area contributed by atoms with Gasteiger partial charge in [0.25, 0.3) is 0 Å². The average molecular weight is 321 g/mol. The fourth-order valence-corrected chi connectivity index (χ4v) is 2.29. The molecular formula is C15H17BrN2O. The van der Waals surface area contributed by atoms with Gasteiger partial charge in [0.2, 0.25) is 0 Å². The van der Waals surface area contributed by atoms with E-state index in [1.807, 2.05) is 42.1 Å². The topological polar surface area (TPSA) is 34.9 Å². The molecule has 0 aliphatic carbocycles. The van der Waals surface area contributed by atoms with Crippen LogP contribution in [0.5, 0.6) is 0 Å². The highest BCUT2D eigenvalue weighted by atomic mass is 79.9. The van der Waals surface area contributed by atoms with Crippen LogP contribution in [-0.2, 0) is 6.42 Å². The van der Waals surface area contributed by atoms with Crippen molar-refractivity contribution in [2.75, 3.05) is 0 Å². The zero-order chi connectivity index (χ0) is 14.0. The molecule has 0 N–H and O–H groups in total. The maximum absolute atomic E-state index is 12.3. The van der Waals surface area contributed by atoms with Crippen LogP contribution in [0.4, 0.5) is 0 Å². The van der Waals surface area contributed by atoms with E-state index in [1.165, 1.54) is 0 Å². The van der Waals surface area contributed by atoms with Crippen LogP contribution in [-0.4, -0.2) is 15.6 Å². The van der Waals surface area contributed by atoms with Crippen LogP contribution in [0.2, 0.25) is 0 Å². The number of aromatic nitrogens is 2. The first-order valence-electron chi connectivity index (χ1n) is 6.31. The number of carbonyl (C=O) groups is 1. The SMILES string of the molecule is Cc1c(Br)cccc1C(=O)Cc1ccn(C(C)C)n1. The molecule has 0 unspecified atom stereocenters. The molecule has 0 radical (unpaired) electrons. The number of carbonyl (C=O) groups excluding carboxylic acids is 1. The zero-order valence-corrected chi connectivity index (χ0v) is 12.9. The first-order valence-corrected chi connectivity index (χ1v) is 7.10. The number of halogens is 1. The summed E-state index contributed by atoms with van der Waals surface area (Å²) in [6, 6.07) is 7.92. The monoisotopic (exact) mass is 320 g/mol. The number of rotatable bonds is 4. The molecule has 19 heavy (non-hydrogen) atoms. The van der Waals surface area contributed by atoms with E-state index < -0.39 is 0 Å². The second-order valence-electron chi connectivity index (χ2n) is 4.89. The van der Waals surface area contributed by atoms with E-state index in [0.717, 1.165) is 21.3 Å².